The summed E-state index contributed by atoms with van der Waals surface area (Å²) in [6.07, 6.45) is 1.29. The van der Waals surface area contributed by atoms with Crippen molar-refractivity contribution in [3.05, 3.63) is 48.0 Å². The molecule has 0 fully saturated rings. The van der Waals surface area contributed by atoms with E-state index in [9.17, 15) is 21.2 Å². The van der Waals surface area contributed by atoms with Gasteiger partial charge in [-0.15, -0.1) is 0 Å². The fraction of sp³-hybridized carbons (Fsp3) is 0.500. The molecule has 0 aliphatic carbocycles. The third-order valence-corrected chi connectivity index (χ3v) is 7.81. The van der Waals surface area contributed by atoms with Crippen LogP contribution >= 0.6 is 0 Å². The summed E-state index contributed by atoms with van der Waals surface area (Å²) in [7, 11) is -5.31. The van der Waals surface area contributed by atoms with Crippen molar-refractivity contribution in [2.75, 3.05) is 33.4 Å². The molecule has 30 heavy (non-hydrogen) atoms. The molecule has 0 aliphatic rings. The Morgan fingerprint density at radius 2 is 1.93 bits per heavy atom. The fourth-order valence-corrected chi connectivity index (χ4v) is 5.70. The molecule has 1 rings (SSSR count). The summed E-state index contributed by atoms with van der Waals surface area (Å²) in [4.78, 5) is 1.44. The van der Waals surface area contributed by atoms with Gasteiger partial charge in [0.15, 0.2) is 0 Å². The van der Waals surface area contributed by atoms with Gasteiger partial charge in [-0.2, -0.15) is 8.42 Å². The first-order valence-electron chi connectivity index (χ1n) is 9.16. The molecule has 1 aromatic rings. The first kappa shape index (κ1) is 26.0. The first-order valence-corrected chi connectivity index (χ1v) is 12.4. The zero-order valence-corrected chi connectivity index (χ0v) is 19.3. The average Bonchev–Trinajstić information content (AvgIpc) is 2.60. The number of sulfonamides is 1. The Kier molecular flexibility index (Phi) is 9.40. The quantitative estimate of drug-likeness (QED) is 0.300. The summed E-state index contributed by atoms with van der Waals surface area (Å²) in [5, 5.41) is 10.6. The van der Waals surface area contributed by atoms with E-state index in [1.807, 2.05) is 0 Å². The van der Waals surface area contributed by atoms with Gasteiger partial charge in [0.2, 0.25) is 10.0 Å². The predicted molar refractivity (Wildman–Crippen MR) is 116 cm³/mol. The Bertz CT molecular complexity index is 967. The number of rotatable bonds is 13. The number of nitrogens with zero attached hydrogens (tertiary/aromatic N) is 2. The summed E-state index contributed by atoms with van der Waals surface area (Å²) in [5.41, 5.74) is 0.829. The maximum atomic E-state index is 13.7. The predicted octanol–water partition coefficient (Wildman–Crippen LogP) is 1.41. The van der Waals surface area contributed by atoms with Gasteiger partial charge in [-0.1, -0.05) is 22.4 Å². The average molecular weight is 464 g/mol. The standard InChI is InChI=1S/C18H30FN5O4S2/c1-14(20)12-18(16-8-6-9-17(19)13-16)23(4)15(2)22-30(27,28)24(29(5,25)26)11-7-10-21-3/h6,8-9,13,18,20-22H,2,7,10-12H2,1,3-5H3. The van der Waals surface area contributed by atoms with E-state index in [-0.39, 0.29) is 25.2 Å². The van der Waals surface area contributed by atoms with Crippen LogP contribution in [0.15, 0.2) is 36.7 Å². The molecule has 0 saturated carbocycles. The van der Waals surface area contributed by atoms with Crippen molar-refractivity contribution < 1.29 is 21.2 Å². The molecule has 0 aliphatic heterocycles. The highest BCUT2D eigenvalue weighted by Crippen LogP contribution is 2.26. The van der Waals surface area contributed by atoms with E-state index in [0.29, 0.717) is 21.5 Å². The van der Waals surface area contributed by atoms with E-state index in [4.69, 9.17) is 5.41 Å². The molecule has 9 nitrogen and oxygen atoms in total. The van der Waals surface area contributed by atoms with Gasteiger partial charge >= 0.3 is 10.2 Å². The summed E-state index contributed by atoms with van der Waals surface area (Å²) >= 11 is 0. The maximum absolute atomic E-state index is 13.7. The molecule has 0 spiro atoms. The minimum Gasteiger partial charge on any atom is -0.354 e. The van der Waals surface area contributed by atoms with Crippen molar-refractivity contribution in [3.63, 3.8) is 0 Å². The Morgan fingerprint density at radius 3 is 2.43 bits per heavy atom. The van der Waals surface area contributed by atoms with Gasteiger partial charge in [-0.05, 0) is 44.6 Å². The maximum Gasteiger partial charge on any atom is 0.315 e. The molecule has 0 amide bonds. The number of benzene rings is 1. The van der Waals surface area contributed by atoms with Gasteiger partial charge < -0.3 is 15.6 Å². The number of halogens is 1. The van der Waals surface area contributed by atoms with Crippen LogP contribution in [0.3, 0.4) is 0 Å². The largest absolute Gasteiger partial charge is 0.354 e. The van der Waals surface area contributed by atoms with E-state index in [0.717, 1.165) is 6.26 Å². The van der Waals surface area contributed by atoms with Gasteiger partial charge in [0.05, 0.1) is 12.3 Å². The molecule has 0 saturated heterocycles. The van der Waals surface area contributed by atoms with Crippen molar-refractivity contribution in [1.29, 1.82) is 5.41 Å². The van der Waals surface area contributed by atoms with Crippen LogP contribution in [0.2, 0.25) is 0 Å². The van der Waals surface area contributed by atoms with Crippen LogP contribution in [0, 0.1) is 11.2 Å². The summed E-state index contributed by atoms with van der Waals surface area (Å²) in [6.45, 7) is 5.49. The summed E-state index contributed by atoms with van der Waals surface area (Å²) in [6, 6.07) is 5.18. The van der Waals surface area contributed by atoms with Crippen LogP contribution in [0.4, 0.5) is 4.39 Å². The lowest BCUT2D eigenvalue weighted by molar-refractivity contribution is 0.304. The van der Waals surface area contributed by atoms with Crippen molar-refractivity contribution in [1.82, 2.24) is 18.6 Å². The van der Waals surface area contributed by atoms with E-state index >= 15 is 0 Å². The summed E-state index contributed by atoms with van der Waals surface area (Å²) < 4.78 is 65.8. The Balaban J connectivity index is 3.14. The van der Waals surface area contributed by atoms with E-state index in [1.54, 1.807) is 20.0 Å². The monoisotopic (exact) mass is 463 g/mol. The molecular formula is C18H30FN5O4S2. The highest BCUT2D eigenvalue weighted by molar-refractivity contribution is 8.02. The van der Waals surface area contributed by atoms with Crippen LogP contribution in [0.1, 0.15) is 31.4 Å². The van der Waals surface area contributed by atoms with Crippen molar-refractivity contribution in [2.45, 2.75) is 25.8 Å². The molecule has 12 heteroatoms. The lowest BCUT2D eigenvalue weighted by Gasteiger charge is -2.33. The third kappa shape index (κ3) is 7.67. The van der Waals surface area contributed by atoms with Crippen LogP contribution < -0.4 is 10.0 Å². The van der Waals surface area contributed by atoms with E-state index in [1.165, 1.54) is 30.1 Å². The molecule has 0 aromatic heterocycles. The molecule has 3 N–H and O–H groups in total. The van der Waals surface area contributed by atoms with Gasteiger partial charge in [0.1, 0.15) is 11.6 Å². The molecule has 170 valence electrons. The molecule has 1 atom stereocenters. The van der Waals surface area contributed by atoms with Crippen LogP contribution in [-0.2, 0) is 20.2 Å². The number of hydrogen-bond donors (Lipinski definition) is 3. The lowest BCUT2D eigenvalue weighted by atomic mass is 10.00. The second kappa shape index (κ2) is 10.8. The molecular weight excluding hydrogens is 433 g/mol. The Hall–Kier alpha value is -2.02. The van der Waals surface area contributed by atoms with Crippen LogP contribution in [0.5, 0.6) is 0 Å². The van der Waals surface area contributed by atoms with E-state index in [2.05, 4.69) is 16.6 Å². The van der Waals surface area contributed by atoms with Crippen molar-refractivity contribution in [3.8, 4) is 0 Å². The minimum atomic E-state index is -4.46. The highest BCUT2D eigenvalue weighted by atomic mass is 32.3. The topological polar surface area (TPSA) is 123 Å². The second-order valence-electron chi connectivity index (χ2n) is 6.94. The van der Waals surface area contributed by atoms with Gasteiger partial charge in [-0.25, -0.2) is 12.8 Å². The lowest BCUT2D eigenvalue weighted by Crippen LogP contribution is -2.46. The second-order valence-corrected chi connectivity index (χ2v) is 10.7. The Labute approximate surface area is 178 Å². The SMILES string of the molecule is C=C(NS(=O)(=O)N(CCCNC)S(C)(=O)=O)N(C)C(CC(C)=N)c1cccc(F)c1. The molecule has 0 heterocycles. The van der Waals surface area contributed by atoms with Crippen molar-refractivity contribution >= 4 is 25.9 Å². The van der Waals surface area contributed by atoms with Gasteiger partial charge in [0, 0.05) is 25.7 Å². The van der Waals surface area contributed by atoms with Crippen LogP contribution in [0.25, 0.3) is 0 Å². The van der Waals surface area contributed by atoms with Crippen molar-refractivity contribution in [2.24, 2.45) is 0 Å². The van der Waals surface area contributed by atoms with E-state index < -0.39 is 32.1 Å². The smallest absolute Gasteiger partial charge is 0.315 e. The fourth-order valence-electron chi connectivity index (χ4n) is 2.79. The molecule has 0 bridgehead atoms. The Morgan fingerprint density at radius 1 is 1.30 bits per heavy atom. The molecule has 1 unspecified atom stereocenters. The first-order chi connectivity index (χ1) is 13.8. The molecule has 1 aromatic carbocycles. The highest BCUT2D eigenvalue weighted by Gasteiger charge is 2.32. The zero-order valence-electron chi connectivity index (χ0n) is 17.6. The van der Waals surface area contributed by atoms with Crippen LogP contribution in [-0.4, -0.2) is 64.6 Å². The molecule has 0 radical (unpaired) electrons. The zero-order chi connectivity index (χ0) is 23.1. The normalized spacial score (nSPS) is 13.1. The summed E-state index contributed by atoms with van der Waals surface area (Å²) in [5.74, 6) is -0.569. The third-order valence-electron chi connectivity index (χ3n) is 4.28. The number of nitrogens with one attached hydrogen (secondary N) is 3. The number of hydrogen-bond acceptors (Lipinski definition) is 7. The van der Waals surface area contributed by atoms with Gasteiger partial charge in [-0.3, -0.25) is 4.72 Å². The van der Waals surface area contributed by atoms with Gasteiger partial charge in [0.25, 0.3) is 0 Å². The minimum absolute atomic E-state index is 0.104.